The summed E-state index contributed by atoms with van der Waals surface area (Å²) in [7, 11) is 3.72. The van der Waals surface area contributed by atoms with Crippen LogP contribution in [0.15, 0.2) is 29.3 Å². The van der Waals surface area contributed by atoms with E-state index in [0.29, 0.717) is 19.1 Å². The predicted molar refractivity (Wildman–Crippen MR) is 66.9 cm³/mol. The summed E-state index contributed by atoms with van der Waals surface area (Å²) in [4.78, 5) is 5.92. The van der Waals surface area contributed by atoms with Crippen LogP contribution in [0.4, 0.5) is 0 Å². The molecule has 0 saturated heterocycles. The Labute approximate surface area is 96.7 Å². The first-order valence-electron chi connectivity index (χ1n) is 5.26. The zero-order valence-electron chi connectivity index (χ0n) is 10.1. The maximum absolute atomic E-state index is 5.64. The van der Waals surface area contributed by atoms with Gasteiger partial charge in [0.1, 0.15) is 12.4 Å². The molecule has 16 heavy (non-hydrogen) atoms. The number of nitrogens with zero attached hydrogens (tertiary/aromatic N) is 2. The molecule has 0 heterocycles. The molecule has 0 aliphatic heterocycles. The SMILES string of the molecule is Cc1ccc(OCCN=C(N)N(C)C)cc1. The van der Waals surface area contributed by atoms with Crippen LogP contribution >= 0.6 is 0 Å². The minimum Gasteiger partial charge on any atom is -0.492 e. The van der Waals surface area contributed by atoms with Gasteiger partial charge in [0.25, 0.3) is 0 Å². The smallest absolute Gasteiger partial charge is 0.190 e. The predicted octanol–water partition coefficient (Wildman–Crippen LogP) is 1.25. The fourth-order valence-electron chi connectivity index (χ4n) is 1.10. The standard InChI is InChI=1S/C12H19N3O/c1-10-4-6-11(7-5-10)16-9-8-14-12(13)15(2)3/h4-7H,8-9H2,1-3H3,(H2,13,14). The highest BCUT2D eigenvalue weighted by molar-refractivity contribution is 5.77. The first-order valence-corrected chi connectivity index (χ1v) is 5.26. The minimum atomic E-state index is 0.521. The van der Waals surface area contributed by atoms with Gasteiger partial charge in [-0.2, -0.15) is 0 Å². The van der Waals surface area contributed by atoms with E-state index in [9.17, 15) is 0 Å². The second kappa shape index (κ2) is 6.00. The van der Waals surface area contributed by atoms with Crippen molar-refractivity contribution in [1.29, 1.82) is 0 Å². The minimum absolute atomic E-state index is 0.521. The van der Waals surface area contributed by atoms with Crippen molar-refractivity contribution in [3.8, 4) is 5.75 Å². The summed E-state index contributed by atoms with van der Waals surface area (Å²) in [5.74, 6) is 1.39. The number of guanidine groups is 1. The summed E-state index contributed by atoms with van der Waals surface area (Å²) in [6.07, 6.45) is 0. The molecule has 0 amide bonds. The third-order valence-electron chi connectivity index (χ3n) is 2.11. The zero-order valence-corrected chi connectivity index (χ0v) is 10.1. The van der Waals surface area contributed by atoms with Crippen molar-refractivity contribution in [3.05, 3.63) is 29.8 Å². The van der Waals surface area contributed by atoms with Crippen LogP contribution in [0.2, 0.25) is 0 Å². The average molecular weight is 221 g/mol. The molecule has 1 aromatic rings. The van der Waals surface area contributed by atoms with Crippen LogP contribution in [0.1, 0.15) is 5.56 Å². The quantitative estimate of drug-likeness (QED) is 0.473. The number of aliphatic imine (C=N–C) groups is 1. The van der Waals surface area contributed by atoms with Gasteiger partial charge in [0.15, 0.2) is 5.96 Å². The number of aryl methyl sites for hydroxylation is 1. The Morgan fingerprint density at radius 3 is 2.50 bits per heavy atom. The molecule has 0 radical (unpaired) electrons. The summed E-state index contributed by atoms with van der Waals surface area (Å²) in [6, 6.07) is 7.95. The maximum Gasteiger partial charge on any atom is 0.190 e. The van der Waals surface area contributed by atoms with Crippen molar-refractivity contribution in [2.75, 3.05) is 27.2 Å². The first-order chi connectivity index (χ1) is 7.59. The van der Waals surface area contributed by atoms with Gasteiger partial charge in [0, 0.05) is 14.1 Å². The van der Waals surface area contributed by atoms with E-state index in [1.54, 1.807) is 4.90 Å². The normalized spacial score (nSPS) is 11.3. The van der Waals surface area contributed by atoms with E-state index in [1.807, 2.05) is 45.3 Å². The molecule has 1 rings (SSSR count). The molecular weight excluding hydrogens is 202 g/mol. The monoisotopic (exact) mass is 221 g/mol. The molecular formula is C12H19N3O. The Bertz CT molecular complexity index is 344. The highest BCUT2D eigenvalue weighted by Crippen LogP contribution is 2.10. The lowest BCUT2D eigenvalue weighted by molar-refractivity contribution is 0.328. The van der Waals surface area contributed by atoms with E-state index in [2.05, 4.69) is 4.99 Å². The van der Waals surface area contributed by atoms with Crippen LogP contribution in [0.5, 0.6) is 5.75 Å². The molecule has 1 aromatic carbocycles. The van der Waals surface area contributed by atoms with Crippen molar-refractivity contribution in [3.63, 3.8) is 0 Å². The molecule has 0 fully saturated rings. The van der Waals surface area contributed by atoms with Gasteiger partial charge < -0.3 is 15.4 Å². The van der Waals surface area contributed by atoms with Crippen molar-refractivity contribution in [2.24, 2.45) is 10.7 Å². The number of benzene rings is 1. The number of nitrogens with two attached hydrogens (primary N) is 1. The molecule has 0 aliphatic rings. The highest BCUT2D eigenvalue weighted by atomic mass is 16.5. The van der Waals surface area contributed by atoms with Gasteiger partial charge in [-0.1, -0.05) is 17.7 Å². The van der Waals surface area contributed by atoms with Gasteiger partial charge in [0.2, 0.25) is 0 Å². The van der Waals surface area contributed by atoms with Crippen molar-refractivity contribution in [1.82, 2.24) is 4.90 Å². The topological polar surface area (TPSA) is 50.9 Å². The van der Waals surface area contributed by atoms with Crippen molar-refractivity contribution >= 4 is 5.96 Å². The van der Waals surface area contributed by atoms with Gasteiger partial charge in [-0.15, -0.1) is 0 Å². The summed E-state index contributed by atoms with van der Waals surface area (Å²) < 4.78 is 5.51. The van der Waals surface area contributed by atoms with Crippen LogP contribution in [0.3, 0.4) is 0 Å². The zero-order chi connectivity index (χ0) is 12.0. The molecule has 0 spiro atoms. The van der Waals surface area contributed by atoms with E-state index >= 15 is 0 Å². The van der Waals surface area contributed by atoms with Crippen molar-refractivity contribution < 1.29 is 4.74 Å². The van der Waals surface area contributed by atoms with E-state index in [-0.39, 0.29) is 0 Å². The second-order valence-corrected chi connectivity index (χ2v) is 3.80. The Balaban J connectivity index is 2.31. The summed E-state index contributed by atoms with van der Waals surface area (Å²) in [6.45, 7) is 3.15. The third kappa shape index (κ3) is 4.21. The maximum atomic E-state index is 5.64. The van der Waals surface area contributed by atoms with Crippen LogP contribution in [-0.2, 0) is 0 Å². The summed E-state index contributed by atoms with van der Waals surface area (Å²) in [5.41, 5.74) is 6.86. The van der Waals surface area contributed by atoms with Crippen molar-refractivity contribution in [2.45, 2.75) is 6.92 Å². The van der Waals surface area contributed by atoms with E-state index in [1.165, 1.54) is 5.56 Å². The van der Waals surface area contributed by atoms with Gasteiger partial charge in [0.05, 0.1) is 6.54 Å². The molecule has 0 saturated carbocycles. The molecule has 0 atom stereocenters. The lowest BCUT2D eigenvalue weighted by Gasteiger charge is -2.10. The highest BCUT2D eigenvalue weighted by Gasteiger charge is 1.94. The van der Waals surface area contributed by atoms with Gasteiger partial charge in [-0.3, -0.25) is 0 Å². The van der Waals surface area contributed by atoms with Gasteiger partial charge in [-0.05, 0) is 19.1 Å². The number of hydrogen-bond acceptors (Lipinski definition) is 2. The molecule has 4 heteroatoms. The van der Waals surface area contributed by atoms with E-state index < -0.39 is 0 Å². The van der Waals surface area contributed by atoms with E-state index in [4.69, 9.17) is 10.5 Å². The molecule has 2 N–H and O–H groups in total. The van der Waals surface area contributed by atoms with Gasteiger partial charge >= 0.3 is 0 Å². The Morgan fingerprint density at radius 1 is 1.31 bits per heavy atom. The summed E-state index contributed by atoms with van der Waals surface area (Å²) >= 11 is 0. The lowest BCUT2D eigenvalue weighted by atomic mass is 10.2. The van der Waals surface area contributed by atoms with Crippen LogP contribution in [0, 0.1) is 6.92 Å². The lowest BCUT2D eigenvalue weighted by Crippen LogP contribution is -2.30. The fraction of sp³-hybridized carbons (Fsp3) is 0.417. The molecule has 0 aliphatic carbocycles. The Morgan fingerprint density at radius 2 is 1.94 bits per heavy atom. The average Bonchev–Trinajstić information content (AvgIpc) is 2.26. The van der Waals surface area contributed by atoms with Crippen LogP contribution in [0.25, 0.3) is 0 Å². The summed E-state index contributed by atoms with van der Waals surface area (Å²) in [5, 5.41) is 0. The largest absolute Gasteiger partial charge is 0.492 e. The molecule has 88 valence electrons. The third-order valence-corrected chi connectivity index (χ3v) is 2.11. The Kier molecular flexibility index (Phi) is 4.64. The van der Waals surface area contributed by atoms with Crippen LogP contribution in [-0.4, -0.2) is 38.1 Å². The fourth-order valence-corrected chi connectivity index (χ4v) is 1.10. The molecule has 0 bridgehead atoms. The number of hydrogen-bond donors (Lipinski definition) is 1. The second-order valence-electron chi connectivity index (χ2n) is 3.80. The van der Waals surface area contributed by atoms with Crippen LogP contribution < -0.4 is 10.5 Å². The molecule has 4 nitrogen and oxygen atoms in total. The van der Waals surface area contributed by atoms with E-state index in [0.717, 1.165) is 5.75 Å². The first kappa shape index (κ1) is 12.4. The Hall–Kier alpha value is -1.71. The van der Waals surface area contributed by atoms with Gasteiger partial charge in [-0.25, -0.2) is 4.99 Å². The number of rotatable bonds is 4. The molecule has 0 aromatic heterocycles. The molecule has 0 unspecified atom stereocenters. The number of ether oxygens (including phenoxy) is 1.